The van der Waals surface area contributed by atoms with Crippen LogP contribution in [-0.2, 0) is 4.79 Å². The molecule has 2 aliphatic heterocycles. The molecule has 1 spiro atoms. The van der Waals surface area contributed by atoms with Crippen LogP contribution in [0.2, 0.25) is 0 Å². The molecule has 6 heteroatoms. The van der Waals surface area contributed by atoms with Gasteiger partial charge in [0.05, 0.1) is 6.54 Å². The molecule has 0 aromatic heterocycles. The van der Waals surface area contributed by atoms with Gasteiger partial charge in [-0.1, -0.05) is 19.3 Å². The Kier molecular flexibility index (Phi) is 7.01. The zero-order valence-electron chi connectivity index (χ0n) is 17.6. The number of likely N-dealkylation sites (tertiary alicyclic amines) is 1. The number of guanidine groups is 1. The number of likely N-dealkylation sites (N-methyl/N-ethyl adjacent to an activating group) is 1. The predicted octanol–water partition coefficient (Wildman–Crippen LogP) is 2.06. The van der Waals surface area contributed by atoms with Crippen LogP contribution in [0.15, 0.2) is 4.99 Å². The van der Waals surface area contributed by atoms with Gasteiger partial charge in [-0.25, -0.2) is 0 Å². The number of hydrogen-bond acceptors (Lipinski definition) is 3. The van der Waals surface area contributed by atoms with E-state index < -0.39 is 0 Å². The Morgan fingerprint density at radius 2 is 2.11 bits per heavy atom. The Bertz CT molecular complexity index is 529. The Balaban J connectivity index is 1.68. The first-order valence-corrected chi connectivity index (χ1v) is 11.0. The van der Waals surface area contributed by atoms with E-state index in [1.165, 1.54) is 32.1 Å². The van der Waals surface area contributed by atoms with Crippen LogP contribution in [0, 0.1) is 11.3 Å². The first-order chi connectivity index (χ1) is 13.0. The van der Waals surface area contributed by atoms with Gasteiger partial charge in [0.1, 0.15) is 0 Å². The molecular formula is C21H39N5O. The molecule has 0 radical (unpaired) electrons. The first-order valence-electron chi connectivity index (χ1n) is 11.0. The molecule has 2 saturated heterocycles. The fraction of sp³-hybridized carbons (Fsp3) is 0.905. The second-order valence-electron chi connectivity index (χ2n) is 9.10. The Morgan fingerprint density at radius 1 is 1.33 bits per heavy atom. The third-order valence-electron chi connectivity index (χ3n) is 6.78. The standard InChI is InChI=1S/C21H39N5O/c1-4-22-20(23-14-18(25(2)3)17-9-6-5-7-10-17)26-12-8-11-21(16-26)13-19(27)24-15-21/h17-18H,4-16H2,1-3H3,(H,22,23)(H,24,27). The minimum absolute atomic E-state index is 0.107. The molecule has 0 aromatic rings. The highest BCUT2D eigenvalue weighted by Crippen LogP contribution is 2.36. The summed E-state index contributed by atoms with van der Waals surface area (Å²) in [5.41, 5.74) is 0.107. The summed E-state index contributed by atoms with van der Waals surface area (Å²) < 4.78 is 0. The van der Waals surface area contributed by atoms with Crippen molar-refractivity contribution in [1.82, 2.24) is 20.4 Å². The number of nitrogens with one attached hydrogen (secondary N) is 2. The van der Waals surface area contributed by atoms with Gasteiger partial charge in [-0.05, 0) is 52.6 Å². The summed E-state index contributed by atoms with van der Waals surface area (Å²) in [5.74, 6) is 2.02. The van der Waals surface area contributed by atoms with E-state index in [1.807, 2.05) is 0 Å². The number of amides is 1. The lowest BCUT2D eigenvalue weighted by molar-refractivity contribution is -0.119. The molecule has 1 saturated carbocycles. The second kappa shape index (κ2) is 9.26. The van der Waals surface area contributed by atoms with Gasteiger partial charge in [0.15, 0.2) is 5.96 Å². The van der Waals surface area contributed by atoms with Gasteiger partial charge in [-0.15, -0.1) is 0 Å². The first kappa shape index (κ1) is 20.4. The molecular weight excluding hydrogens is 338 g/mol. The van der Waals surface area contributed by atoms with E-state index >= 15 is 0 Å². The van der Waals surface area contributed by atoms with Crippen LogP contribution >= 0.6 is 0 Å². The lowest BCUT2D eigenvalue weighted by atomic mass is 9.79. The van der Waals surface area contributed by atoms with E-state index in [0.29, 0.717) is 12.5 Å². The maximum absolute atomic E-state index is 11.8. The van der Waals surface area contributed by atoms with Crippen molar-refractivity contribution in [2.75, 3.05) is 46.8 Å². The van der Waals surface area contributed by atoms with Crippen LogP contribution < -0.4 is 10.6 Å². The Labute approximate surface area is 165 Å². The average molecular weight is 378 g/mol. The average Bonchev–Trinajstić information content (AvgIpc) is 3.01. The lowest BCUT2D eigenvalue weighted by Gasteiger charge is -2.41. The van der Waals surface area contributed by atoms with Crippen LogP contribution in [0.4, 0.5) is 0 Å². The minimum atomic E-state index is 0.107. The van der Waals surface area contributed by atoms with Gasteiger partial charge in [0, 0.05) is 44.1 Å². The van der Waals surface area contributed by atoms with Crippen molar-refractivity contribution in [1.29, 1.82) is 0 Å². The van der Waals surface area contributed by atoms with E-state index in [0.717, 1.165) is 57.4 Å². The van der Waals surface area contributed by atoms with Crippen molar-refractivity contribution in [2.45, 2.75) is 64.3 Å². The fourth-order valence-corrected chi connectivity index (χ4v) is 5.29. The number of carbonyl (C=O) groups excluding carboxylic acids is 1. The molecule has 2 heterocycles. The summed E-state index contributed by atoms with van der Waals surface area (Å²) in [6, 6.07) is 0.521. The van der Waals surface area contributed by atoms with E-state index in [9.17, 15) is 4.79 Å². The Morgan fingerprint density at radius 3 is 2.74 bits per heavy atom. The number of carbonyl (C=O) groups is 1. The van der Waals surface area contributed by atoms with Crippen molar-refractivity contribution in [3.63, 3.8) is 0 Å². The largest absolute Gasteiger partial charge is 0.357 e. The zero-order chi connectivity index (χ0) is 19.3. The maximum atomic E-state index is 11.8. The summed E-state index contributed by atoms with van der Waals surface area (Å²) in [6.07, 6.45) is 9.77. The van der Waals surface area contributed by atoms with Crippen LogP contribution in [-0.4, -0.2) is 74.5 Å². The molecule has 0 aromatic carbocycles. The summed E-state index contributed by atoms with van der Waals surface area (Å²) >= 11 is 0. The van der Waals surface area contributed by atoms with Crippen molar-refractivity contribution >= 4 is 11.9 Å². The van der Waals surface area contributed by atoms with Crippen molar-refractivity contribution in [2.24, 2.45) is 16.3 Å². The number of nitrogens with zero attached hydrogens (tertiary/aromatic N) is 3. The molecule has 27 heavy (non-hydrogen) atoms. The fourth-order valence-electron chi connectivity index (χ4n) is 5.29. The topological polar surface area (TPSA) is 60.0 Å². The number of hydrogen-bond donors (Lipinski definition) is 2. The molecule has 154 valence electrons. The van der Waals surface area contributed by atoms with Gasteiger partial charge in [0.25, 0.3) is 0 Å². The highest BCUT2D eigenvalue weighted by molar-refractivity contribution is 5.81. The molecule has 1 amide bonds. The summed E-state index contributed by atoms with van der Waals surface area (Å²) in [5, 5.41) is 6.57. The SMILES string of the molecule is CCNC(=NCC(C1CCCCC1)N(C)C)N1CCCC2(CNC(=O)C2)C1. The van der Waals surface area contributed by atoms with Crippen molar-refractivity contribution in [3.05, 3.63) is 0 Å². The minimum Gasteiger partial charge on any atom is -0.357 e. The molecule has 3 rings (SSSR count). The smallest absolute Gasteiger partial charge is 0.220 e. The number of rotatable bonds is 5. The van der Waals surface area contributed by atoms with Crippen LogP contribution in [0.3, 0.4) is 0 Å². The van der Waals surface area contributed by atoms with E-state index in [1.54, 1.807) is 0 Å². The maximum Gasteiger partial charge on any atom is 0.220 e. The van der Waals surface area contributed by atoms with Crippen LogP contribution in [0.25, 0.3) is 0 Å². The highest BCUT2D eigenvalue weighted by atomic mass is 16.1. The molecule has 3 aliphatic rings. The third kappa shape index (κ3) is 5.15. The van der Waals surface area contributed by atoms with Crippen LogP contribution in [0.5, 0.6) is 0 Å². The van der Waals surface area contributed by atoms with Gasteiger partial charge in [-0.2, -0.15) is 0 Å². The summed E-state index contributed by atoms with van der Waals surface area (Å²) in [4.78, 5) is 21.7. The molecule has 2 unspecified atom stereocenters. The van der Waals surface area contributed by atoms with Gasteiger partial charge in [-0.3, -0.25) is 9.79 Å². The summed E-state index contributed by atoms with van der Waals surface area (Å²) in [7, 11) is 4.40. The monoisotopic (exact) mass is 377 g/mol. The normalized spacial score (nSPS) is 28.7. The molecule has 0 bridgehead atoms. The third-order valence-corrected chi connectivity index (χ3v) is 6.78. The zero-order valence-corrected chi connectivity index (χ0v) is 17.6. The van der Waals surface area contributed by atoms with E-state index in [4.69, 9.17) is 4.99 Å². The summed E-state index contributed by atoms with van der Waals surface area (Å²) in [6.45, 7) is 6.69. The van der Waals surface area contributed by atoms with Gasteiger partial charge in [0.2, 0.25) is 5.91 Å². The number of aliphatic imine (C=N–C) groups is 1. The predicted molar refractivity (Wildman–Crippen MR) is 111 cm³/mol. The van der Waals surface area contributed by atoms with E-state index in [-0.39, 0.29) is 11.3 Å². The Hall–Kier alpha value is -1.30. The van der Waals surface area contributed by atoms with Crippen LogP contribution in [0.1, 0.15) is 58.3 Å². The van der Waals surface area contributed by atoms with Gasteiger partial charge < -0.3 is 20.4 Å². The molecule has 6 nitrogen and oxygen atoms in total. The number of piperidine rings is 1. The molecule has 1 aliphatic carbocycles. The molecule has 2 N–H and O–H groups in total. The highest BCUT2D eigenvalue weighted by Gasteiger charge is 2.42. The lowest BCUT2D eigenvalue weighted by Crippen LogP contribution is -2.51. The molecule has 2 atom stereocenters. The quantitative estimate of drug-likeness (QED) is 0.569. The second-order valence-corrected chi connectivity index (χ2v) is 9.10. The van der Waals surface area contributed by atoms with Crippen molar-refractivity contribution in [3.8, 4) is 0 Å². The van der Waals surface area contributed by atoms with E-state index in [2.05, 4.69) is 41.5 Å². The van der Waals surface area contributed by atoms with Gasteiger partial charge >= 0.3 is 0 Å². The van der Waals surface area contributed by atoms with Crippen molar-refractivity contribution < 1.29 is 4.79 Å². The molecule has 3 fully saturated rings.